The Hall–Kier alpha value is -9.58. The first-order valence-electron chi connectivity index (χ1n) is 33.5. The summed E-state index contributed by atoms with van der Waals surface area (Å²) in [5.74, 6) is -1.24. The molecule has 0 amide bonds. The molecule has 0 saturated heterocycles. The van der Waals surface area contributed by atoms with Crippen LogP contribution >= 0.6 is 11.6 Å². The van der Waals surface area contributed by atoms with Crippen molar-refractivity contribution in [3.63, 3.8) is 0 Å². The molecule has 4 heterocycles. The molecule has 24 heteroatoms. The molecule has 0 radical (unpaired) electrons. The predicted octanol–water partition coefficient (Wildman–Crippen LogP) is 14.4. The standard InChI is InChI=1S/C27H30F2N4O.C15H14ClF2N3O.C11H12N2O2.C11H16N2.C9H7NO3.C3H8/c1-16(2)33-7-8-34-27-22(28)13-20(14-24(27)33)26-23(29)15-30-25(31-26)10-17-5-6-18-11-21(32(3)4)12-19(18)9-17;1-8(2)21-3-4-22-14-10(17)5-9(6-12(14)21)13-11(18)7-19-15(16)20-13;1-12(2)11-5-8-3-4-10(13(14)15)6-9(8)7-11;1-13(2)11-6-8-3-4-10(12)5-9(8)7-11;11-9-4-6-1-2-8(10(12)13)3-7(6)5-9;1-3-2/h5-6,9,13-16,21H,7-8,10-12H2,1-4H3;5-8H,3-4H2,1-2H3;3-4,6-7H,5H2,1-2H3;3-5,11H,6-7,12H2,1-2H3;1-3H,4-5H2;3H2,1-2H3. The van der Waals surface area contributed by atoms with E-state index in [0.29, 0.717) is 86.0 Å². The second-order valence-electron chi connectivity index (χ2n) is 26.7. The first-order valence-corrected chi connectivity index (χ1v) is 33.9. The van der Waals surface area contributed by atoms with Crippen molar-refractivity contribution in [2.75, 3.05) is 84.1 Å². The van der Waals surface area contributed by atoms with Gasteiger partial charge < -0.3 is 39.7 Å². The van der Waals surface area contributed by atoms with Gasteiger partial charge in [0.15, 0.2) is 34.8 Å². The van der Waals surface area contributed by atoms with E-state index in [9.17, 15) is 42.6 Å². The zero-order valence-corrected chi connectivity index (χ0v) is 59.5. The maximum Gasteiger partial charge on any atom is 0.270 e. The van der Waals surface area contributed by atoms with Gasteiger partial charge in [0.1, 0.15) is 36.2 Å². The van der Waals surface area contributed by atoms with Gasteiger partial charge in [-0.3, -0.25) is 25.0 Å². The number of fused-ring (bicyclic) bond motifs is 6. The number of carbonyl (C=O) groups excluding carboxylic acids is 1. The van der Waals surface area contributed by atoms with Crippen molar-refractivity contribution in [3.05, 3.63) is 220 Å². The zero-order chi connectivity index (χ0) is 72.4. The number of non-ortho nitro benzene ring substituents is 2. The number of allylic oxidation sites excluding steroid dienone is 1. The van der Waals surface area contributed by atoms with E-state index in [1.54, 1.807) is 30.3 Å². The molecule has 0 saturated carbocycles. The number of Topliss-reactive ketones (excluding diaryl/α,β-unsaturated/α-hetero) is 1. The van der Waals surface area contributed by atoms with Gasteiger partial charge in [-0.25, -0.2) is 37.5 Å². The van der Waals surface area contributed by atoms with Gasteiger partial charge in [-0.1, -0.05) is 56.7 Å². The van der Waals surface area contributed by atoms with Gasteiger partial charge in [0, 0.05) is 111 Å². The van der Waals surface area contributed by atoms with Crippen molar-refractivity contribution >= 4 is 51.9 Å². The number of benzene rings is 6. The first-order chi connectivity index (χ1) is 47.6. The Morgan fingerprint density at radius 3 is 1.60 bits per heavy atom. The topological polar surface area (TPSA) is 216 Å². The van der Waals surface area contributed by atoms with E-state index in [2.05, 4.69) is 107 Å². The number of nitrogens with two attached hydrogens (primary N) is 1. The summed E-state index contributed by atoms with van der Waals surface area (Å²) in [5, 5.41) is 20.9. The zero-order valence-electron chi connectivity index (χ0n) is 58.7. The van der Waals surface area contributed by atoms with Crippen molar-refractivity contribution in [2.45, 2.75) is 123 Å². The quantitative estimate of drug-likeness (QED) is 0.0419. The molecule has 0 bridgehead atoms. The molecule has 0 fully saturated rings. The molecule has 8 aromatic rings. The Balaban J connectivity index is 0.000000153. The normalized spacial score (nSPS) is 15.7. The highest BCUT2D eigenvalue weighted by atomic mass is 35.5. The minimum Gasteiger partial charge on any atom is -0.486 e. The van der Waals surface area contributed by atoms with Crippen molar-refractivity contribution in [2.24, 2.45) is 0 Å². The van der Waals surface area contributed by atoms with Crippen LogP contribution in [0.4, 0.5) is 46.0 Å². The second kappa shape index (κ2) is 33.1. The predicted molar refractivity (Wildman–Crippen MR) is 386 cm³/mol. The highest BCUT2D eigenvalue weighted by molar-refractivity contribution is 6.28. The summed E-state index contributed by atoms with van der Waals surface area (Å²) in [6.07, 6.45) is 11.9. The third-order valence-electron chi connectivity index (χ3n) is 18.1. The molecule has 14 rings (SSSR count). The van der Waals surface area contributed by atoms with Crippen molar-refractivity contribution in [1.82, 2.24) is 34.6 Å². The Kier molecular flexibility index (Phi) is 24.7. The number of likely N-dealkylation sites (N-methyl/N-ethyl adjacent to an activating group) is 3. The fourth-order valence-corrected chi connectivity index (χ4v) is 12.9. The number of anilines is 3. The number of hydrogen-bond donors (Lipinski definition) is 1. The minimum atomic E-state index is -0.656. The molecule has 0 spiro atoms. The van der Waals surface area contributed by atoms with Gasteiger partial charge in [0.2, 0.25) is 5.28 Å². The third-order valence-corrected chi connectivity index (χ3v) is 18.2. The van der Waals surface area contributed by atoms with Crippen LogP contribution in [0.15, 0.2) is 115 Å². The average Bonchev–Trinajstić information content (AvgIpc) is 1.45. The molecule has 4 aliphatic carbocycles. The highest BCUT2D eigenvalue weighted by Crippen LogP contribution is 2.42. The SMILES string of the molecule is CC(C)N1CCOc2c(F)cc(-c3nc(Cc4ccc5c(c4)CC(N(C)C)C5)ncc3F)cc21.CC(C)N1CCOc2c(F)cc(-c3nc(Cl)ncc3F)cc21.CCC.CN(C)C1=Cc2cc([N+](=O)[O-])ccc2C1.CN(C)C1Cc2ccc(N)cc2C1.O=C1Cc2ccc([N+](=O)[O-])cc2C1. The van der Waals surface area contributed by atoms with Crippen LogP contribution < -0.4 is 25.0 Å². The number of ketones is 1. The van der Waals surface area contributed by atoms with Crippen LogP contribution in [0.1, 0.15) is 104 Å². The van der Waals surface area contributed by atoms with Crippen LogP contribution in [0, 0.1) is 43.5 Å². The Bertz CT molecular complexity index is 4340. The third kappa shape index (κ3) is 18.3. The van der Waals surface area contributed by atoms with E-state index < -0.39 is 28.2 Å². The maximum atomic E-state index is 14.9. The summed E-state index contributed by atoms with van der Waals surface area (Å²) in [7, 11) is 12.5. The number of nitrogens with zero attached hydrogens (tertiary/aromatic N) is 11. The summed E-state index contributed by atoms with van der Waals surface area (Å²) >= 11 is 5.71. The minimum absolute atomic E-state index is 0.0315. The number of ether oxygens (including phenoxy) is 2. The Morgan fingerprint density at radius 1 is 0.590 bits per heavy atom. The fraction of sp³-hybridized carbons (Fsp3) is 0.382. The van der Waals surface area contributed by atoms with Crippen LogP contribution in [0.5, 0.6) is 11.5 Å². The van der Waals surface area contributed by atoms with Crippen LogP contribution in [0.3, 0.4) is 0 Å². The lowest BCUT2D eigenvalue weighted by Crippen LogP contribution is -2.38. The molecule has 19 nitrogen and oxygen atoms in total. The van der Waals surface area contributed by atoms with Crippen LogP contribution in [0.25, 0.3) is 28.6 Å². The molecule has 2 N–H and O–H groups in total. The van der Waals surface area contributed by atoms with Gasteiger partial charge in [0.25, 0.3) is 11.4 Å². The van der Waals surface area contributed by atoms with E-state index in [-0.39, 0.29) is 62.3 Å². The fourth-order valence-electron chi connectivity index (χ4n) is 12.7. The van der Waals surface area contributed by atoms with Gasteiger partial charge >= 0.3 is 0 Å². The van der Waals surface area contributed by atoms with Crippen molar-refractivity contribution in [3.8, 4) is 34.0 Å². The van der Waals surface area contributed by atoms with Crippen LogP contribution in [-0.4, -0.2) is 143 Å². The van der Waals surface area contributed by atoms with E-state index in [1.807, 2.05) is 69.8 Å². The maximum absolute atomic E-state index is 14.9. The molecule has 2 aliphatic heterocycles. The number of hydrogen-bond acceptors (Lipinski definition) is 17. The summed E-state index contributed by atoms with van der Waals surface area (Å²) in [6, 6.07) is 29.8. The number of carbonyl (C=O) groups is 1. The Labute approximate surface area is 586 Å². The average molecular weight is 1390 g/mol. The van der Waals surface area contributed by atoms with E-state index in [4.69, 9.17) is 26.8 Å². The lowest BCUT2D eigenvalue weighted by Gasteiger charge is -2.34. The molecule has 100 heavy (non-hydrogen) atoms. The van der Waals surface area contributed by atoms with Crippen molar-refractivity contribution < 1.29 is 41.7 Å². The van der Waals surface area contributed by atoms with Crippen molar-refractivity contribution in [1.29, 1.82) is 0 Å². The molecule has 2 unspecified atom stereocenters. The number of rotatable bonds is 11. The summed E-state index contributed by atoms with van der Waals surface area (Å²) < 4.78 is 69.0. The lowest BCUT2D eigenvalue weighted by atomic mass is 10.0. The Morgan fingerprint density at radius 2 is 1.07 bits per heavy atom. The van der Waals surface area contributed by atoms with E-state index in [0.717, 1.165) is 65.4 Å². The smallest absolute Gasteiger partial charge is 0.270 e. The first kappa shape index (κ1) is 74.6. The number of nitro groups is 2. The molecule has 6 aromatic carbocycles. The van der Waals surface area contributed by atoms with Gasteiger partial charge in [0.05, 0.1) is 46.7 Å². The largest absolute Gasteiger partial charge is 0.486 e. The van der Waals surface area contributed by atoms with E-state index >= 15 is 0 Å². The van der Waals surface area contributed by atoms with Gasteiger partial charge in [-0.15, -0.1) is 0 Å². The molecule has 528 valence electrons. The summed E-state index contributed by atoms with van der Waals surface area (Å²) in [5.41, 5.74) is 20.6. The van der Waals surface area contributed by atoms with Gasteiger partial charge in [-0.2, -0.15) is 0 Å². The molecular formula is C76H87ClF4N12O7. The monoisotopic (exact) mass is 1390 g/mol. The van der Waals surface area contributed by atoms with Crippen LogP contribution in [0.2, 0.25) is 5.28 Å². The molecule has 2 atom stereocenters. The summed E-state index contributed by atoms with van der Waals surface area (Å²) in [6.45, 7) is 14.5. The number of nitro benzene ring substituents is 2. The van der Waals surface area contributed by atoms with E-state index in [1.165, 1.54) is 71.3 Å². The number of halogens is 5. The van der Waals surface area contributed by atoms with Crippen LogP contribution in [-0.2, 0) is 56.2 Å². The summed E-state index contributed by atoms with van der Waals surface area (Å²) in [4.78, 5) is 58.0. The number of nitrogen functional groups attached to an aromatic ring is 1. The molecule has 6 aliphatic rings. The van der Waals surface area contributed by atoms with Gasteiger partial charge in [-0.05, 0) is 186 Å². The highest BCUT2D eigenvalue weighted by Gasteiger charge is 2.30. The second-order valence-corrected chi connectivity index (χ2v) is 27.1. The molecule has 2 aromatic heterocycles. The number of aromatic nitrogens is 4. The lowest BCUT2D eigenvalue weighted by molar-refractivity contribution is -0.385. The molecular weight excluding hydrogens is 1300 g/mol.